The maximum absolute atomic E-state index is 11.5. The molecule has 0 aromatic heterocycles. The van der Waals surface area contributed by atoms with Crippen LogP contribution in [0.1, 0.15) is 27.2 Å². The third-order valence-corrected chi connectivity index (χ3v) is 2.94. The summed E-state index contributed by atoms with van der Waals surface area (Å²) >= 11 is 0. The molecule has 0 amide bonds. The molecule has 0 saturated heterocycles. The zero-order valence-electron chi connectivity index (χ0n) is 11.4. The maximum atomic E-state index is 11.5. The number of carbonyl (C=O) groups excluding carboxylic acids is 2. The standard InChI is InChI=1S/C12H23NO4/c1-6-7-13(8-11(14)16-4)10(3)9(2)12(15)17-5/h9-10H,6-8H2,1-5H3. The molecule has 5 heteroatoms. The fourth-order valence-corrected chi connectivity index (χ4v) is 1.64. The first-order valence-electron chi connectivity index (χ1n) is 5.86. The molecule has 0 aromatic rings. The Morgan fingerprint density at radius 3 is 2.18 bits per heavy atom. The lowest BCUT2D eigenvalue weighted by Crippen LogP contribution is -2.44. The third-order valence-electron chi connectivity index (χ3n) is 2.94. The summed E-state index contributed by atoms with van der Waals surface area (Å²) in [7, 11) is 2.73. The molecule has 5 nitrogen and oxygen atoms in total. The van der Waals surface area contributed by atoms with Crippen LogP contribution >= 0.6 is 0 Å². The molecular weight excluding hydrogens is 222 g/mol. The molecular formula is C12H23NO4. The maximum Gasteiger partial charge on any atom is 0.319 e. The van der Waals surface area contributed by atoms with E-state index in [2.05, 4.69) is 4.74 Å². The van der Waals surface area contributed by atoms with E-state index in [9.17, 15) is 9.59 Å². The van der Waals surface area contributed by atoms with Crippen LogP contribution in [-0.2, 0) is 19.1 Å². The second-order valence-electron chi connectivity index (χ2n) is 4.10. The molecule has 0 bridgehead atoms. The lowest BCUT2D eigenvalue weighted by Gasteiger charge is -2.30. The van der Waals surface area contributed by atoms with E-state index in [1.54, 1.807) is 6.92 Å². The Hall–Kier alpha value is -1.10. The summed E-state index contributed by atoms with van der Waals surface area (Å²) < 4.78 is 9.36. The van der Waals surface area contributed by atoms with E-state index in [0.717, 1.165) is 13.0 Å². The van der Waals surface area contributed by atoms with Gasteiger partial charge in [-0.15, -0.1) is 0 Å². The van der Waals surface area contributed by atoms with Crippen LogP contribution in [0.4, 0.5) is 0 Å². The molecule has 0 aliphatic rings. The Balaban J connectivity index is 4.57. The second-order valence-corrected chi connectivity index (χ2v) is 4.10. The molecule has 0 fully saturated rings. The van der Waals surface area contributed by atoms with Gasteiger partial charge in [0, 0.05) is 6.04 Å². The second kappa shape index (κ2) is 8.06. The fourth-order valence-electron chi connectivity index (χ4n) is 1.64. The van der Waals surface area contributed by atoms with Crippen LogP contribution in [0.2, 0.25) is 0 Å². The minimum Gasteiger partial charge on any atom is -0.469 e. The van der Waals surface area contributed by atoms with E-state index in [0.29, 0.717) is 0 Å². The van der Waals surface area contributed by atoms with Crippen LogP contribution in [0.3, 0.4) is 0 Å². The van der Waals surface area contributed by atoms with Crippen molar-refractivity contribution in [3.63, 3.8) is 0 Å². The van der Waals surface area contributed by atoms with Gasteiger partial charge >= 0.3 is 11.9 Å². The quantitative estimate of drug-likeness (QED) is 0.628. The number of nitrogens with zero attached hydrogens (tertiary/aromatic N) is 1. The summed E-state index contributed by atoms with van der Waals surface area (Å²) in [6, 6.07) is -0.0542. The van der Waals surface area contributed by atoms with Gasteiger partial charge < -0.3 is 9.47 Å². The van der Waals surface area contributed by atoms with Gasteiger partial charge in [0.15, 0.2) is 0 Å². The molecule has 0 aliphatic heterocycles. The molecule has 2 unspecified atom stereocenters. The Morgan fingerprint density at radius 1 is 1.18 bits per heavy atom. The van der Waals surface area contributed by atoms with Crippen molar-refractivity contribution >= 4 is 11.9 Å². The van der Waals surface area contributed by atoms with Gasteiger partial charge in [0.1, 0.15) is 0 Å². The van der Waals surface area contributed by atoms with Crippen molar-refractivity contribution in [2.24, 2.45) is 5.92 Å². The van der Waals surface area contributed by atoms with E-state index < -0.39 is 0 Å². The molecule has 0 saturated carbocycles. The Kier molecular flexibility index (Phi) is 7.54. The van der Waals surface area contributed by atoms with Crippen LogP contribution < -0.4 is 0 Å². The highest BCUT2D eigenvalue weighted by Gasteiger charge is 2.27. The molecule has 0 aromatic carbocycles. The van der Waals surface area contributed by atoms with Crippen LogP contribution in [0, 0.1) is 5.92 Å². The average Bonchev–Trinajstić information content (AvgIpc) is 2.35. The number of rotatable bonds is 7. The van der Waals surface area contributed by atoms with Crippen molar-refractivity contribution in [1.29, 1.82) is 0 Å². The third kappa shape index (κ3) is 5.17. The summed E-state index contributed by atoms with van der Waals surface area (Å²) in [6.07, 6.45) is 0.912. The van der Waals surface area contributed by atoms with E-state index in [1.807, 2.05) is 18.7 Å². The number of esters is 2. The normalized spacial score (nSPS) is 14.2. The van der Waals surface area contributed by atoms with Gasteiger partial charge in [-0.05, 0) is 19.9 Å². The first kappa shape index (κ1) is 15.9. The summed E-state index contributed by atoms with van der Waals surface area (Å²) in [5, 5.41) is 0. The Bertz CT molecular complexity index is 255. The van der Waals surface area contributed by atoms with Gasteiger partial charge in [0.25, 0.3) is 0 Å². The van der Waals surface area contributed by atoms with Crippen molar-refractivity contribution in [3.05, 3.63) is 0 Å². The lowest BCUT2D eigenvalue weighted by atomic mass is 10.0. The molecule has 0 spiro atoms. The number of methoxy groups -OCH3 is 2. The highest BCUT2D eigenvalue weighted by molar-refractivity contribution is 5.73. The smallest absolute Gasteiger partial charge is 0.319 e. The van der Waals surface area contributed by atoms with Gasteiger partial charge in [0.05, 0.1) is 26.7 Å². The monoisotopic (exact) mass is 245 g/mol. The highest BCUT2D eigenvalue weighted by atomic mass is 16.5. The topological polar surface area (TPSA) is 55.8 Å². The van der Waals surface area contributed by atoms with Crippen LogP contribution in [0.5, 0.6) is 0 Å². The van der Waals surface area contributed by atoms with Gasteiger partial charge in [0.2, 0.25) is 0 Å². The molecule has 0 N–H and O–H groups in total. The molecule has 0 rings (SSSR count). The first-order valence-corrected chi connectivity index (χ1v) is 5.86. The minimum atomic E-state index is -0.289. The van der Waals surface area contributed by atoms with Crippen LogP contribution in [0.25, 0.3) is 0 Å². The first-order chi connectivity index (χ1) is 7.97. The highest BCUT2D eigenvalue weighted by Crippen LogP contribution is 2.13. The number of carbonyl (C=O) groups is 2. The van der Waals surface area contributed by atoms with Crippen molar-refractivity contribution in [1.82, 2.24) is 4.90 Å². The predicted octanol–water partition coefficient (Wildman–Crippen LogP) is 1.07. The SMILES string of the molecule is CCCN(CC(=O)OC)C(C)C(C)C(=O)OC. The van der Waals surface area contributed by atoms with Crippen molar-refractivity contribution in [2.75, 3.05) is 27.3 Å². The predicted molar refractivity (Wildman–Crippen MR) is 64.5 cm³/mol. The summed E-state index contributed by atoms with van der Waals surface area (Å²) in [5.41, 5.74) is 0. The van der Waals surface area contributed by atoms with E-state index in [-0.39, 0.29) is 30.4 Å². The van der Waals surface area contributed by atoms with Crippen molar-refractivity contribution < 1.29 is 19.1 Å². The summed E-state index contributed by atoms with van der Waals surface area (Å²) in [5.74, 6) is -0.818. The molecule has 17 heavy (non-hydrogen) atoms. The minimum absolute atomic E-state index is 0.0542. The Morgan fingerprint density at radius 2 is 1.76 bits per heavy atom. The largest absolute Gasteiger partial charge is 0.469 e. The Labute approximate surface area is 103 Å². The van der Waals surface area contributed by atoms with Gasteiger partial charge in [-0.1, -0.05) is 13.8 Å². The van der Waals surface area contributed by atoms with Gasteiger partial charge in [-0.2, -0.15) is 0 Å². The van der Waals surface area contributed by atoms with Gasteiger partial charge in [-0.25, -0.2) is 0 Å². The van der Waals surface area contributed by atoms with Crippen molar-refractivity contribution in [3.8, 4) is 0 Å². The number of hydrogen-bond donors (Lipinski definition) is 0. The summed E-state index contributed by atoms with van der Waals surface area (Å²) in [4.78, 5) is 24.7. The zero-order chi connectivity index (χ0) is 13.4. The molecule has 0 radical (unpaired) electrons. The van der Waals surface area contributed by atoms with Crippen LogP contribution in [0.15, 0.2) is 0 Å². The number of hydrogen-bond acceptors (Lipinski definition) is 5. The van der Waals surface area contributed by atoms with Gasteiger partial charge in [-0.3, -0.25) is 14.5 Å². The molecule has 0 aliphatic carbocycles. The average molecular weight is 245 g/mol. The van der Waals surface area contributed by atoms with E-state index >= 15 is 0 Å². The molecule has 100 valence electrons. The lowest BCUT2D eigenvalue weighted by molar-refractivity contribution is -0.149. The molecule has 0 heterocycles. The van der Waals surface area contributed by atoms with Crippen molar-refractivity contribution in [2.45, 2.75) is 33.2 Å². The number of ether oxygens (including phenoxy) is 2. The zero-order valence-corrected chi connectivity index (χ0v) is 11.4. The summed E-state index contributed by atoms with van der Waals surface area (Å²) in [6.45, 7) is 6.70. The van der Waals surface area contributed by atoms with E-state index in [4.69, 9.17) is 4.74 Å². The molecule has 2 atom stereocenters. The van der Waals surface area contributed by atoms with Crippen LogP contribution in [-0.4, -0.2) is 50.2 Å². The van der Waals surface area contributed by atoms with E-state index in [1.165, 1.54) is 14.2 Å². The fraction of sp³-hybridized carbons (Fsp3) is 0.833.